The van der Waals surface area contributed by atoms with Crippen LogP contribution in [0.4, 0.5) is 0 Å². The topological polar surface area (TPSA) is 88.2 Å². The molecular formula is C23H31N3O5S2. The van der Waals surface area contributed by atoms with E-state index in [1.807, 2.05) is 25.3 Å². The van der Waals surface area contributed by atoms with Crippen molar-refractivity contribution in [1.82, 2.24) is 14.5 Å². The highest BCUT2D eigenvalue weighted by Crippen LogP contribution is 2.26. The maximum absolute atomic E-state index is 13.2. The summed E-state index contributed by atoms with van der Waals surface area (Å²) in [4.78, 5) is 16.6. The minimum atomic E-state index is -3.71. The fourth-order valence-corrected chi connectivity index (χ4v) is 6.84. The van der Waals surface area contributed by atoms with Crippen molar-refractivity contribution in [3.63, 3.8) is 0 Å². The lowest BCUT2D eigenvalue weighted by atomic mass is 10.1. The van der Waals surface area contributed by atoms with E-state index >= 15 is 0 Å². The molecule has 8 nitrogen and oxygen atoms in total. The number of benzene rings is 1. The van der Waals surface area contributed by atoms with Crippen molar-refractivity contribution in [1.29, 1.82) is 0 Å². The quantitative estimate of drug-likeness (QED) is 0.637. The fraction of sp³-hybridized carbons (Fsp3) is 0.522. The van der Waals surface area contributed by atoms with Gasteiger partial charge in [-0.1, -0.05) is 12.1 Å². The lowest BCUT2D eigenvalue weighted by molar-refractivity contribution is -0.0440. The minimum Gasteiger partial charge on any atom is -0.379 e. The van der Waals surface area contributed by atoms with Crippen LogP contribution in [0.2, 0.25) is 0 Å². The van der Waals surface area contributed by atoms with Gasteiger partial charge in [-0.3, -0.25) is 9.69 Å². The van der Waals surface area contributed by atoms with Crippen LogP contribution in [0.5, 0.6) is 0 Å². The molecule has 1 aromatic carbocycles. The Kier molecular flexibility index (Phi) is 7.83. The van der Waals surface area contributed by atoms with Crippen LogP contribution >= 0.6 is 11.3 Å². The van der Waals surface area contributed by atoms with Gasteiger partial charge in [-0.15, -0.1) is 11.3 Å². The van der Waals surface area contributed by atoms with E-state index in [1.54, 1.807) is 29.5 Å². The standard InChI is InChI=1S/C23H31N3O5S2/c1-17-15-26(16-18(2)31-17)33(28,29)20-6-3-5-19(13-20)23(27)24-14-21(22-7-4-12-32-22)25-8-10-30-11-9-25/h3-7,12-13,17-18,21H,8-11,14-16H2,1-2H3,(H,24,27)/t17-,18+,21-/m0/s1. The van der Waals surface area contributed by atoms with E-state index in [1.165, 1.54) is 15.2 Å². The molecular weight excluding hydrogens is 462 g/mol. The summed E-state index contributed by atoms with van der Waals surface area (Å²) in [7, 11) is -3.71. The van der Waals surface area contributed by atoms with Gasteiger partial charge in [0.05, 0.1) is 36.4 Å². The van der Waals surface area contributed by atoms with Crippen molar-refractivity contribution in [2.45, 2.75) is 37.0 Å². The molecule has 2 aliphatic heterocycles. The van der Waals surface area contributed by atoms with Gasteiger partial charge in [-0.25, -0.2) is 8.42 Å². The summed E-state index contributed by atoms with van der Waals surface area (Å²) in [6.07, 6.45) is -0.353. The fourth-order valence-electron chi connectivity index (χ4n) is 4.34. The zero-order valence-electron chi connectivity index (χ0n) is 19.0. The van der Waals surface area contributed by atoms with E-state index in [2.05, 4.69) is 16.3 Å². The van der Waals surface area contributed by atoms with E-state index in [0.29, 0.717) is 38.4 Å². The third-order valence-corrected chi connectivity index (χ3v) is 8.74. The molecule has 1 aromatic heterocycles. The molecule has 0 saturated carbocycles. The molecule has 180 valence electrons. The van der Waals surface area contributed by atoms with Crippen molar-refractivity contribution in [3.8, 4) is 0 Å². The minimum absolute atomic E-state index is 0.0566. The first-order valence-corrected chi connectivity index (χ1v) is 13.6. The second-order valence-electron chi connectivity index (χ2n) is 8.50. The molecule has 33 heavy (non-hydrogen) atoms. The van der Waals surface area contributed by atoms with Gasteiger partial charge in [0.1, 0.15) is 0 Å². The number of rotatable bonds is 7. The third-order valence-electron chi connectivity index (χ3n) is 5.93. The highest BCUT2D eigenvalue weighted by atomic mass is 32.2. The van der Waals surface area contributed by atoms with Gasteiger partial charge >= 0.3 is 0 Å². The molecule has 3 heterocycles. The van der Waals surface area contributed by atoms with Crippen molar-refractivity contribution >= 4 is 27.3 Å². The second kappa shape index (κ2) is 10.6. The zero-order valence-corrected chi connectivity index (χ0v) is 20.6. The smallest absolute Gasteiger partial charge is 0.251 e. The Morgan fingerprint density at radius 2 is 1.88 bits per heavy atom. The number of morpholine rings is 2. The Bertz CT molecular complexity index is 1030. The molecule has 10 heteroatoms. The maximum Gasteiger partial charge on any atom is 0.251 e. The highest BCUT2D eigenvalue weighted by Gasteiger charge is 2.32. The van der Waals surface area contributed by atoms with Gasteiger partial charge in [0.2, 0.25) is 10.0 Å². The normalized spacial score (nSPS) is 23.8. The van der Waals surface area contributed by atoms with Gasteiger partial charge in [0.25, 0.3) is 5.91 Å². The molecule has 0 spiro atoms. The summed E-state index contributed by atoms with van der Waals surface area (Å²) < 4.78 is 39.0. The highest BCUT2D eigenvalue weighted by molar-refractivity contribution is 7.89. The van der Waals surface area contributed by atoms with Crippen LogP contribution in [0.3, 0.4) is 0 Å². The number of hydrogen-bond acceptors (Lipinski definition) is 7. The number of carbonyl (C=O) groups is 1. The van der Waals surface area contributed by atoms with Crippen molar-refractivity contribution in [2.75, 3.05) is 45.9 Å². The van der Waals surface area contributed by atoms with E-state index in [4.69, 9.17) is 9.47 Å². The first-order valence-electron chi connectivity index (χ1n) is 11.2. The largest absolute Gasteiger partial charge is 0.379 e. The number of ether oxygens (including phenoxy) is 2. The number of amides is 1. The monoisotopic (exact) mass is 493 g/mol. The molecule has 3 atom stereocenters. The lowest BCUT2D eigenvalue weighted by Crippen LogP contribution is -2.48. The first-order chi connectivity index (χ1) is 15.8. The van der Waals surface area contributed by atoms with E-state index in [9.17, 15) is 13.2 Å². The molecule has 4 rings (SSSR count). The number of nitrogens with one attached hydrogen (secondary N) is 1. The van der Waals surface area contributed by atoms with Gasteiger partial charge in [0.15, 0.2) is 0 Å². The van der Waals surface area contributed by atoms with Crippen LogP contribution in [-0.2, 0) is 19.5 Å². The average molecular weight is 494 g/mol. The molecule has 1 amide bonds. The van der Waals surface area contributed by atoms with Crippen LogP contribution < -0.4 is 5.32 Å². The van der Waals surface area contributed by atoms with Crippen molar-refractivity contribution < 1.29 is 22.7 Å². The van der Waals surface area contributed by atoms with Gasteiger partial charge in [-0.2, -0.15) is 4.31 Å². The molecule has 0 bridgehead atoms. The Morgan fingerprint density at radius 1 is 1.15 bits per heavy atom. The number of hydrogen-bond donors (Lipinski definition) is 1. The summed E-state index contributed by atoms with van der Waals surface area (Å²) in [5, 5.41) is 5.05. The SMILES string of the molecule is C[C@@H]1CN(S(=O)(=O)c2cccc(C(=O)NC[C@@H](c3cccs3)N3CCOCC3)c2)C[C@H](C)O1. The second-order valence-corrected chi connectivity index (χ2v) is 11.4. The van der Waals surface area contributed by atoms with E-state index in [-0.39, 0.29) is 29.1 Å². The molecule has 2 aromatic rings. The Morgan fingerprint density at radius 3 is 2.55 bits per heavy atom. The van der Waals surface area contributed by atoms with Crippen LogP contribution in [0.25, 0.3) is 0 Å². The molecule has 2 saturated heterocycles. The first kappa shape index (κ1) is 24.3. The van der Waals surface area contributed by atoms with E-state index < -0.39 is 10.0 Å². The molecule has 2 aliphatic rings. The van der Waals surface area contributed by atoms with Gasteiger partial charge < -0.3 is 14.8 Å². The number of nitrogens with zero attached hydrogens (tertiary/aromatic N) is 2. The van der Waals surface area contributed by atoms with Crippen molar-refractivity contribution in [2.24, 2.45) is 0 Å². The Balaban J connectivity index is 1.47. The maximum atomic E-state index is 13.2. The molecule has 2 fully saturated rings. The summed E-state index contributed by atoms with van der Waals surface area (Å²) in [5.41, 5.74) is 0.331. The Hall–Kier alpha value is -1.82. The molecule has 0 unspecified atom stereocenters. The summed E-state index contributed by atoms with van der Waals surface area (Å²) in [6.45, 7) is 7.72. The predicted octanol–water partition coefficient (Wildman–Crippen LogP) is 2.35. The van der Waals surface area contributed by atoms with Crippen molar-refractivity contribution in [3.05, 3.63) is 52.2 Å². The number of sulfonamides is 1. The van der Waals surface area contributed by atoms with Crippen LogP contribution in [0, 0.1) is 0 Å². The van der Waals surface area contributed by atoms with E-state index in [0.717, 1.165) is 13.1 Å². The van der Waals surface area contributed by atoms with Crippen LogP contribution in [0.1, 0.15) is 35.1 Å². The summed E-state index contributed by atoms with van der Waals surface area (Å²) in [6, 6.07) is 10.4. The van der Waals surface area contributed by atoms with Crippen LogP contribution in [-0.4, -0.2) is 81.7 Å². The molecule has 0 aliphatic carbocycles. The number of carbonyl (C=O) groups excluding carboxylic acids is 1. The summed E-state index contributed by atoms with van der Waals surface area (Å²) >= 11 is 1.67. The Labute approximate surface area is 199 Å². The average Bonchev–Trinajstić information content (AvgIpc) is 3.34. The van der Waals surface area contributed by atoms with Crippen LogP contribution in [0.15, 0.2) is 46.7 Å². The zero-order chi connectivity index (χ0) is 23.4. The molecule has 1 N–H and O–H groups in total. The molecule has 0 radical (unpaired) electrons. The predicted molar refractivity (Wildman–Crippen MR) is 127 cm³/mol. The number of thiophene rings is 1. The third kappa shape index (κ3) is 5.82. The van der Waals surface area contributed by atoms with Gasteiger partial charge in [-0.05, 0) is 43.5 Å². The lowest BCUT2D eigenvalue weighted by Gasteiger charge is -2.34. The van der Waals surface area contributed by atoms with Gasteiger partial charge in [0, 0.05) is 43.2 Å². The summed E-state index contributed by atoms with van der Waals surface area (Å²) in [5.74, 6) is -0.287.